The van der Waals surface area contributed by atoms with Crippen molar-refractivity contribution in [2.24, 2.45) is 5.92 Å². The van der Waals surface area contributed by atoms with Crippen molar-refractivity contribution in [1.29, 1.82) is 0 Å². The fourth-order valence-corrected chi connectivity index (χ4v) is 3.49. The molecule has 0 aromatic heterocycles. The summed E-state index contributed by atoms with van der Waals surface area (Å²) < 4.78 is 10.6. The molecular formula is C20H29NO4. The molecular weight excluding hydrogens is 318 g/mol. The third-order valence-electron chi connectivity index (χ3n) is 4.91. The average Bonchev–Trinajstić information content (AvgIpc) is 3.00. The molecule has 0 radical (unpaired) electrons. The van der Waals surface area contributed by atoms with E-state index in [1.54, 1.807) is 0 Å². The van der Waals surface area contributed by atoms with Crippen LogP contribution in [0, 0.1) is 19.8 Å². The highest BCUT2D eigenvalue weighted by molar-refractivity contribution is 6.00. The summed E-state index contributed by atoms with van der Waals surface area (Å²) in [4.78, 5) is 27.0. The molecule has 1 aromatic rings. The first-order valence-electron chi connectivity index (χ1n) is 8.86. The van der Waals surface area contributed by atoms with Gasteiger partial charge in [0.15, 0.2) is 11.9 Å². The van der Waals surface area contributed by atoms with Crippen LogP contribution in [0.4, 0.5) is 0 Å². The molecule has 138 valence electrons. The summed E-state index contributed by atoms with van der Waals surface area (Å²) in [5.41, 5.74) is 3.55. The second-order valence-corrected chi connectivity index (χ2v) is 7.11. The minimum atomic E-state index is -0.614. The van der Waals surface area contributed by atoms with Crippen LogP contribution >= 0.6 is 0 Å². The summed E-state index contributed by atoms with van der Waals surface area (Å²) in [5, 5.41) is 0. The normalized spacial score (nSPS) is 17.2. The summed E-state index contributed by atoms with van der Waals surface area (Å²) in [6.07, 6.45) is 1.68. The van der Waals surface area contributed by atoms with Crippen molar-refractivity contribution in [3.63, 3.8) is 0 Å². The second-order valence-electron chi connectivity index (χ2n) is 7.11. The molecule has 1 aliphatic rings. The van der Waals surface area contributed by atoms with Gasteiger partial charge in [-0.3, -0.25) is 4.79 Å². The number of ketones is 1. The van der Waals surface area contributed by atoms with E-state index < -0.39 is 6.10 Å². The van der Waals surface area contributed by atoms with Crippen molar-refractivity contribution in [2.45, 2.75) is 46.1 Å². The molecule has 0 N–H and O–H groups in total. The van der Waals surface area contributed by atoms with Crippen molar-refractivity contribution in [1.82, 2.24) is 4.90 Å². The van der Waals surface area contributed by atoms with Crippen molar-refractivity contribution in [3.05, 3.63) is 28.3 Å². The second kappa shape index (κ2) is 8.00. The van der Waals surface area contributed by atoms with E-state index in [1.165, 1.54) is 7.11 Å². The van der Waals surface area contributed by atoms with Crippen molar-refractivity contribution in [3.8, 4) is 5.75 Å². The van der Waals surface area contributed by atoms with Crippen LogP contribution in [0.15, 0.2) is 6.07 Å². The maximum atomic E-state index is 13.2. The first-order valence-corrected chi connectivity index (χ1v) is 8.86. The Kier molecular flexibility index (Phi) is 6.22. The zero-order valence-electron chi connectivity index (χ0n) is 16.1. The SMILES string of the molecule is CCCC(CN(C)C)C(=O)c1cc2c(c(C)c1C)OC(C(=O)OC)C2. The zero-order chi connectivity index (χ0) is 18.7. The lowest BCUT2D eigenvalue weighted by molar-refractivity contribution is -0.147. The molecule has 0 spiro atoms. The Morgan fingerprint density at radius 3 is 2.56 bits per heavy atom. The van der Waals surface area contributed by atoms with Crippen LogP contribution in [-0.4, -0.2) is 50.5 Å². The molecule has 5 nitrogen and oxygen atoms in total. The summed E-state index contributed by atoms with van der Waals surface area (Å²) in [6, 6.07) is 1.92. The molecule has 2 atom stereocenters. The van der Waals surface area contributed by atoms with Crippen LogP contribution in [-0.2, 0) is 16.0 Å². The van der Waals surface area contributed by atoms with Gasteiger partial charge < -0.3 is 14.4 Å². The largest absolute Gasteiger partial charge is 0.478 e. The van der Waals surface area contributed by atoms with E-state index in [0.717, 1.165) is 47.4 Å². The number of carbonyl (C=O) groups excluding carboxylic acids is 2. The molecule has 1 heterocycles. The van der Waals surface area contributed by atoms with Gasteiger partial charge in [-0.15, -0.1) is 0 Å². The minimum absolute atomic E-state index is 0.0186. The number of ether oxygens (including phenoxy) is 2. The topological polar surface area (TPSA) is 55.8 Å². The number of hydrogen-bond acceptors (Lipinski definition) is 5. The lowest BCUT2D eigenvalue weighted by atomic mass is 9.87. The van der Waals surface area contributed by atoms with E-state index in [1.807, 2.05) is 34.0 Å². The van der Waals surface area contributed by atoms with Crippen molar-refractivity contribution < 1.29 is 19.1 Å². The average molecular weight is 347 g/mol. The Hall–Kier alpha value is -1.88. The highest BCUT2D eigenvalue weighted by Gasteiger charge is 2.33. The number of benzene rings is 1. The van der Waals surface area contributed by atoms with Crippen LogP contribution in [0.5, 0.6) is 5.75 Å². The molecule has 0 aliphatic carbocycles. The number of fused-ring (bicyclic) bond motifs is 1. The number of nitrogens with zero attached hydrogens (tertiary/aromatic N) is 1. The third-order valence-corrected chi connectivity index (χ3v) is 4.91. The maximum Gasteiger partial charge on any atom is 0.347 e. The zero-order valence-corrected chi connectivity index (χ0v) is 16.1. The molecule has 5 heteroatoms. The van der Waals surface area contributed by atoms with Gasteiger partial charge in [0, 0.05) is 24.4 Å². The molecule has 0 bridgehead atoms. The van der Waals surface area contributed by atoms with Crippen molar-refractivity contribution in [2.75, 3.05) is 27.7 Å². The fourth-order valence-electron chi connectivity index (χ4n) is 3.49. The highest BCUT2D eigenvalue weighted by Crippen LogP contribution is 2.37. The van der Waals surface area contributed by atoms with E-state index in [0.29, 0.717) is 6.42 Å². The smallest absolute Gasteiger partial charge is 0.347 e. The standard InChI is InChI=1S/C20H29NO4/c1-7-8-14(11-21(4)5)18(22)16-9-15-10-17(20(23)24-6)25-19(15)13(3)12(16)2/h9,14,17H,7-8,10-11H2,1-6H3. The molecule has 1 aliphatic heterocycles. The van der Waals surface area contributed by atoms with Gasteiger partial charge in [0.25, 0.3) is 0 Å². The Morgan fingerprint density at radius 2 is 2.00 bits per heavy atom. The maximum absolute atomic E-state index is 13.2. The van der Waals surface area contributed by atoms with E-state index in [-0.39, 0.29) is 17.7 Å². The Bertz CT molecular complexity index is 666. The number of carbonyl (C=O) groups is 2. The van der Waals surface area contributed by atoms with Gasteiger partial charge in [0.2, 0.25) is 0 Å². The van der Waals surface area contributed by atoms with Crippen molar-refractivity contribution >= 4 is 11.8 Å². The van der Waals surface area contributed by atoms with Gasteiger partial charge in [0.1, 0.15) is 5.75 Å². The summed E-state index contributed by atoms with van der Waals surface area (Å²) in [7, 11) is 5.34. The summed E-state index contributed by atoms with van der Waals surface area (Å²) in [5.74, 6) is 0.511. The Balaban J connectivity index is 2.36. The molecule has 0 amide bonds. The lowest BCUT2D eigenvalue weighted by Crippen LogP contribution is -2.28. The van der Waals surface area contributed by atoms with Gasteiger partial charge in [0.05, 0.1) is 7.11 Å². The van der Waals surface area contributed by atoms with Crippen LogP contribution in [0.1, 0.15) is 46.8 Å². The van der Waals surface area contributed by atoms with Gasteiger partial charge in [-0.1, -0.05) is 13.3 Å². The third kappa shape index (κ3) is 4.03. The quantitative estimate of drug-likeness (QED) is 0.561. The molecule has 0 saturated heterocycles. The summed E-state index contributed by atoms with van der Waals surface area (Å²) in [6.45, 7) is 6.75. The highest BCUT2D eigenvalue weighted by atomic mass is 16.6. The predicted octanol–water partition coefficient (Wildman–Crippen LogP) is 2.94. The van der Waals surface area contributed by atoms with Gasteiger partial charge in [-0.2, -0.15) is 0 Å². The van der Waals surface area contributed by atoms with Crippen LogP contribution in [0.3, 0.4) is 0 Å². The first kappa shape index (κ1) is 19.4. The van der Waals surface area contributed by atoms with Gasteiger partial charge in [-0.25, -0.2) is 4.79 Å². The Labute approximate surface area is 150 Å². The number of methoxy groups -OCH3 is 1. The van der Waals surface area contributed by atoms with E-state index in [9.17, 15) is 9.59 Å². The minimum Gasteiger partial charge on any atom is -0.478 e. The van der Waals surface area contributed by atoms with E-state index in [2.05, 4.69) is 11.8 Å². The molecule has 25 heavy (non-hydrogen) atoms. The first-order chi connectivity index (χ1) is 11.8. The van der Waals surface area contributed by atoms with Gasteiger partial charge in [-0.05, 0) is 57.1 Å². The molecule has 0 fully saturated rings. The fraction of sp³-hybridized carbons (Fsp3) is 0.600. The number of rotatable bonds is 7. The monoisotopic (exact) mass is 347 g/mol. The van der Waals surface area contributed by atoms with Crippen LogP contribution in [0.25, 0.3) is 0 Å². The molecule has 2 rings (SSSR count). The lowest BCUT2D eigenvalue weighted by Gasteiger charge is -2.21. The van der Waals surface area contributed by atoms with Crippen LogP contribution < -0.4 is 4.74 Å². The Morgan fingerprint density at radius 1 is 1.32 bits per heavy atom. The van der Waals surface area contributed by atoms with Crippen LogP contribution in [0.2, 0.25) is 0 Å². The predicted molar refractivity (Wildman–Crippen MR) is 97.3 cm³/mol. The number of Topliss-reactive ketones (excluding diaryl/α,β-unsaturated/α-hetero) is 1. The molecule has 0 saturated carbocycles. The summed E-state index contributed by atoms with van der Waals surface area (Å²) >= 11 is 0. The van der Waals surface area contributed by atoms with E-state index >= 15 is 0 Å². The van der Waals surface area contributed by atoms with E-state index in [4.69, 9.17) is 9.47 Å². The number of esters is 1. The molecule has 1 aromatic carbocycles. The number of hydrogen-bond donors (Lipinski definition) is 0. The van der Waals surface area contributed by atoms with Gasteiger partial charge >= 0.3 is 5.97 Å². The molecule has 2 unspecified atom stereocenters.